The zero-order valence-corrected chi connectivity index (χ0v) is 18.2. The summed E-state index contributed by atoms with van der Waals surface area (Å²) in [4.78, 5) is 15.9. The van der Waals surface area contributed by atoms with Crippen LogP contribution in [0.25, 0.3) is 10.8 Å². The molecule has 1 N–H and O–H groups in total. The molecule has 4 rings (SSSR count). The molecular formula is C21H17N5OS3. The van der Waals surface area contributed by atoms with Crippen molar-refractivity contribution in [1.29, 1.82) is 0 Å². The Morgan fingerprint density at radius 2 is 1.77 bits per heavy atom. The van der Waals surface area contributed by atoms with E-state index < -0.39 is 0 Å². The summed E-state index contributed by atoms with van der Waals surface area (Å²) in [5.74, 6) is 0.867. The fourth-order valence-electron chi connectivity index (χ4n) is 2.66. The number of nitrogens with zero attached hydrogens (tertiary/aromatic N) is 4. The van der Waals surface area contributed by atoms with Gasteiger partial charge in [0.1, 0.15) is 0 Å². The van der Waals surface area contributed by atoms with Crippen LogP contribution in [-0.2, 0) is 10.5 Å². The average molecular weight is 452 g/mol. The Morgan fingerprint density at radius 1 is 1.00 bits per heavy atom. The van der Waals surface area contributed by atoms with Gasteiger partial charge in [-0.2, -0.15) is 5.10 Å². The first kappa shape index (κ1) is 20.5. The van der Waals surface area contributed by atoms with E-state index in [1.54, 1.807) is 30.4 Å². The molecule has 4 aromatic rings. The van der Waals surface area contributed by atoms with Gasteiger partial charge < -0.3 is 0 Å². The molecule has 0 bridgehead atoms. The number of nitrogens with one attached hydrogen (secondary N) is 1. The molecule has 2 aromatic carbocycles. The summed E-state index contributed by atoms with van der Waals surface area (Å²) in [7, 11) is 0. The summed E-state index contributed by atoms with van der Waals surface area (Å²) in [5.41, 5.74) is 4.65. The fraction of sp³-hybridized carbons (Fsp3) is 0.0952. The Morgan fingerprint density at radius 3 is 2.63 bits per heavy atom. The average Bonchev–Trinajstić information content (AvgIpc) is 3.25. The van der Waals surface area contributed by atoms with Gasteiger partial charge in [-0.3, -0.25) is 9.78 Å². The third-order valence-corrected chi connectivity index (χ3v) is 7.29. The van der Waals surface area contributed by atoms with Crippen LogP contribution in [0.4, 0.5) is 0 Å². The molecule has 0 saturated carbocycles. The van der Waals surface area contributed by atoms with Crippen molar-refractivity contribution in [2.24, 2.45) is 5.10 Å². The quantitative estimate of drug-likeness (QED) is 0.239. The van der Waals surface area contributed by atoms with Crippen LogP contribution in [-0.4, -0.2) is 33.1 Å². The zero-order chi connectivity index (χ0) is 20.6. The largest absolute Gasteiger partial charge is 0.272 e. The molecular weight excluding hydrogens is 434 g/mol. The van der Waals surface area contributed by atoms with Crippen molar-refractivity contribution in [2.75, 3.05) is 5.75 Å². The molecule has 0 spiro atoms. The molecule has 1 amide bonds. The van der Waals surface area contributed by atoms with Crippen molar-refractivity contribution in [2.45, 2.75) is 14.4 Å². The Hall–Kier alpha value is -2.75. The summed E-state index contributed by atoms with van der Waals surface area (Å²) in [6, 6.07) is 18.3. The minimum atomic E-state index is -0.189. The van der Waals surface area contributed by atoms with Crippen molar-refractivity contribution in [3.63, 3.8) is 0 Å². The molecule has 0 atom stereocenters. The molecule has 0 unspecified atom stereocenters. The summed E-state index contributed by atoms with van der Waals surface area (Å²) in [6.45, 7) is 0. The molecule has 0 aliphatic rings. The van der Waals surface area contributed by atoms with Gasteiger partial charge in [-0.05, 0) is 34.0 Å². The van der Waals surface area contributed by atoms with E-state index >= 15 is 0 Å². The maximum absolute atomic E-state index is 11.9. The number of fused-ring (bicyclic) bond motifs is 1. The Balaban J connectivity index is 1.26. The van der Waals surface area contributed by atoms with Crippen LogP contribution in [0.5, 0.6) is 0 Å². The van der Waals surface area contributed by atoms with Crippen molar-refractivity contribution < 1.29 is 4.79 Å². The van der Waals surface area contributed by atoms with Crippen LogP contribution in [0.2, 0.25) is 0 Å². The number of pyridine rings is 1. The van der Waals surface area contributed by atoms with Gasteiger partial charge in [0.05, 0.1) is 12.0 Å². The van der Waals surface area contributed by atoms with Crippen molar-refractivity contribution in [3.05, 3.63) is 78.1 Å². The number of hydrazone groups is 1. The minimum absolute atomic E-state index is 0.189. The van der Waals surface area contributed by atoms with E-state index in [9.17, 15) is 4.79 Å². The molecule has 0 fully saturated rings. The molecule has 0 aliphatic heterocycles. The van der Waals surface area contributed by atoms with Crippen LogP contribution in [0.3, 0.4) is 0 Å². The second kappa shape index (κ2) is 10.3. The first-order chi connectivity index (χ1) is 14.8. The lowest BCUT2D eigenvalue weighted by Crippen LogP contribution is -2.19. The Bertz CT molecular complexity index is 1160. The zero-order valence-electron chi connectivity index (χ0n) is 15.8. The predicted octanol–water partition coefficient (Wildman–Crippen LogP) is 4.62. The van der Waals surface area contributed by atoms with Gasteiger partial charge in [0, 0.05) is 18.1 Å². The fourth-order valence-corrected chi connectivity index (χ4v) is 5.48. The normalized spacial score (nSPS) is 11.2. The summed E-state index contributed by atoms with van der Waals surface area (Å²) in [5, 5.41) is 14.9. The predicted molar refractivity (Wildman–Crippen MR) is 124 cm³/mol. The Kier molecular flexibility index (Phi) is 7.07. The highest BCUT2D eigenvalue weighted by atomic mass is 32.2. The number of thioether (sulfide) groups is 2. The number of amides is 1. The highest BCUT2D eigenvalue weighted by molar-refractivity contribution is 8.03. The van der Waals surface area contributed by atoms with Crippen LogP contribution < -0.4 is 5.43 Å². The number of benzene rings is 2. The van der Waals surface area contributed by atoms with E-state index in [4.69, 9.17) is 0 Å². The van der Waals surface area contributed by atoms with E-state index in [0.29, 0.717) is 0 Å². The molecule has 0 aliphatic carbocycles. The number of carbonyl (C=O) groups excluding carboxylic acids is 1. The molecule has 2 heterocycles. The van der Waals surface area contributed by atoms with Crippen molar-refractivity contribution in [1.82, 2.24) is 20.6 Å². The monoisotopic (exact) mass is 451 g/mol. The van der Waals surface area contributed by atoms with Gasteiger partial charge in [-0.25, -0.2) is 5.43 Å². The molecule has 9 heteroatoms. The van der Waals surface area contributed by atoms with E-state index in [2.05, 4.69) is 62.1 Å². The first-order valence-electron chi connectivity index (χ1n) is 9.05. The van der Waals surface area contributed by atoms with E-state index in [1.165, 1.54) is 39.4 Å². The third kappa shape index (κ3) is 5.65. The van der Waals surface area contributed by atoms with Crippen LogP contribution >= 0.6 is 34.9 Å². The molecule has 30 heavy (non-hydrogen) atoms. The topological polar surface area (TPSA) is 80.1 Å². The first-order valence-corrected chi connectivity index (χ1v) is 11.8. The second-order valence-corrected chi connectivity index (χ2v) is 9.55. The van der Waals surface area contributed by atoms with E-state index in [-0.39, 0.29) is 11.7 Å². The van der Waals surface area contributed by atoms with E-state index in [1.807, 2.05) is 18.2 Å². The van der Waals surface area contributed by atoms with Crippen molar-refractivity contribution in [3.8, 4) is 0 Å². The number of rotatable bonds is 8. The number of aromatic nitrogens is 3. The smallest absolute Gasteiger partial charge is 0.250 e. The number of hydrogen-bond acceptors (Lipinski definition) is 8. The van der Waals surface area contributed by atoms with E-state index in [0.717, 1.165) is 20.0 Å². The molecule has 150 valence electrons. The minimum Gasteiger partial charge on any atom is -0.272 e. The summed E-state index contributed by atoms with van der Waals surface area (Å²) >= 11 is 4.51. The standard InChI is InChI=1S/C21H17N5OS3/c27-19(24-23-12-15-8-10-22-11-9-15)14-29-21-26-25-20(30-21)28-13-17-6-3-5-16-4-1-2-7-18(16)17/h1-12H,13-14H2,(H,24,27). The molecule has 6 nitrogen and oxygen atoms in total. The Labute approximate surface area is 186 Å². The molecule has 0 radical (unpaired) electrons. The van der Waals surface area contributed by atoms with Gasteiger partial charge in [-0.1, -0.05) is 77.3 Å². The van der Waals surface area contributed by atoms with Crippen LogP contribution in [0.1, 0.15) is 11.1 Å². The van der Waals surface area contributed by atoms with Crippen molar-refractivity contribution >= 4 is 57.8 Å². The maximum atomic E-state index is 11.9. The van der Waals surface area contributed by atoms with Gasteiger partial charge in [0.2, 0.25) is 0 Å². The lowest BCUT2D eigenvalue weighted by molar-refractivity contribution is -0.118. The number of carbonyl (C=O) groups is 1. The lowest BCUT2D eigenvalue weighted by Gasteiger charge is -2.04. The van der Waals surface area contributed by atoms with Crippen LogP contribution in [0.15, 0.2) is 80.8 Å². The second-order valence-electron chi connectivity index (χ2n) is 6.12. The highest BCUT2D eigenvalue weighted by Gasteiger charge is 2.09. The van der Waals surface area contributed by atoms with Gasteiger partial charge in [0.15, 0.2) is 8.68 Å². The maximum Gasteiger partial charge on any atom is 0.250 e. The van der Waals surface area contributed by atoms with Crippen LogP contribution in [0, 0.1) is 0 Å². The summed E-state index contributed by atoms with van der Waals surface area (Å²) in [6.07, 6.45) is 4.92. The van der Waals surface area contributed by atoms with Gasteiger partial charge in [0.25, 0.3) is 5.91 Å². The van der Waals surface area contributed by atoms with Gasteiger partial charge in [-0.15, -0.1) is 10.2 Å². The SMILES string of the molecule is O=C(CSc1nnc(SCc2cccc3ccccc23)s1)NN=Cc1ccncc1. The summed E-state index contributed by atoms with van der Waals surface area (Å²) < 4.78 is 1.66. The lowest BCUT2D eigenvalue weighted by atomic mass is 10.1. The molecule has 2 aromatic heterocycles. The van der Waals surface area contributed by atoms with Gasteiger partial charge >= 0.3 is 0 Å². The third-order valence-electron chi connectivity index (χ3n) is 4.05. The molecule has 0 saturated heterocycles. The highest BCUT2D eigenvalue weighted by Crippen LogP contribution is 2.32. The number of hydrogen-bond donors (Lipinski definition) is 1.